The summed E-state index contributed by atoms with van der Waals surface area (Å²) in [6.07, 6.45) is 39.4. The number of ether oxygens (including phenoxy) is 3. The third-order valence-electron chi connectivity index (χ3n) is 10.7. The molecule has 0 aromatic rings. The lowest BCUT2D eigenvalue weighted by Gasteiger charge is -2.18. The molecule has 6 heteroatoms. The van der Waals surface area contributed by atoms with Crippen LogP contribution < -0.4 is 0 Å². The summed E-state index contributed by atoms with van der Waals surface area (Å²) in [6.45, 7) is 11.3. The third kappa shape index (κ3) is 41.6. The van der Waals surface area contributed by atoms with Gasteiger partial charge in [0.2, 0.25) is 0 Å². The molecule has 6 nitrogen and oxygen atoms in total. The lowest BCUT2D eigenvalue weighted by molar-refractivity contribution is -0.167. The van der Waals surface area contributed by atoms with Gasteiger partial charge in [-0.3, -0.25) is 14.4 Å². The number of hydrogen-bond acceptors (Lipinski definition) is 6. The molecule has 320 valence electrons. The summed E-state index contributed by atoms with van der Waals surface area (Å²) in [5.41, 5.74) is 0. The molecule has 0 aromatic carbocycles. The number of carbonyl (C=O) groups excluding carboxylic acids is 3. The van der Waals surface area contributed by atoms with E-state index in [-0.39, 0.29) is 31.1 Å². The molecule has 0 rings (SSSR count). The molecule has 0 heterocycles. The van der Waals surface area contributed by atoms with Crippen LogP contribution in [0.4, 0.5) is 0 Å². The summed E-state index contributed by atoms with van der Waals surface area (Å²) in [6, 6.07) is 0. The Balaban J connectivity index is 4.34. The third-order valence-corrected chi connectivity index (χ3v) is 10.7. The summed E-state index contributed by atoms with van der Waals surface area (Å²) in [7, 11) is 0. The molecule has 0 bridgehead atoms. The molecule has 1 atom stereocenters. The van der Waals surface area contributed by atoms with Crippen LogP contribution in [0.15, 0.2) is 0 Å². The van der Waals surface area contributed by atoms with Crippen LogP contribution in [0.3, 0.4) is 0 Å². The molecule has 0 aromatic heterocycles. The number of unbranched alkanes of at least 4 members (excludes halogenated alkanes) is 27. The Morgan fingerprint density at radius 2 is 0.611 bits per heavy atom. The van der Waals surface area contributed by atoms with Crippen molar-refractivity contribution in [3.63, 3.8) is 0 Å². The van der Waals surface area contributed by atoms with Crippen LogP contribution in [0.1, 0.15) is 259 Å². The first-order chi connectivity index (χ1) is 26.2. The first kappa shape index (κ1) is 52.4. The van der Waals surface area contributed by atoms with Gasteiger partial charge in [0.1, 0.15) is 13.2 Å². The highest BCUT2D eigenvalue weighted by Gasteiger charge is 2.19. The van der Waals surface area contributed by atoms with Gasteiger partial charge >= 0.3 is 17.9 Å². The number of esters is 3. The lowest BCUT2D eigenvalue weighted by Crippen LogP contribution is -2.30. The minimum absolute atomic E-state index is 0.0647. The second kappa shape index (κ2) is 41.1. The van der Waals surface area contributed by atoms with Gasteiger partial charge in [0, 0.05) is 19.3 Å². The van der Waals surface area contributed by atoms with Crippen molar-refractivity contribution in [1.29, 1.82) is 0 Å². The maximum Gasteiger partial charge on any atom is 0.306 e. The lowest BCUT2D eigenvalue weighted by atomic mass is 10.0. The van der Waals surface area contributed by atoms with E-state index >= 15 is 0 Å². The van der Waals surface area contributed by atoms with Crippen molar-refractivity contribution in [2.24, 2.45) is 11.8 Å². The number of rotatable bonds is 42. The molecule has 0 aliphatic carbocycles. The van der Waals surface area contributed by atoms with Crippen molar-refractivity contribution >= 4 is 17.9 Å². The average molecular weight is 765 g/mol. The van der Waals surface area contributed by atoms with Gasteiger partial charge < -0.3 is 14.2 Å². The quantitative estimate of drug-likeness (QED) is 0.0350. The zero-order chi connectivity index (χ0) is 39.7. The molecule has 0 fully saturated rings. The highest BCUT2D eigenvalue weighted by molar-refractivity contribution is 5.71. The fourth-order valence-electron chi connectivity index (χ4n) is 7.11. The number of hydrogen-bond donors (Lipinski definition) is 0. The van der Waals surface area contributed by atoms with Crippen molar-refractivity contribution in [2.75, 3.05) is 13.2 Å². The van der Waals surface area contributed by atoms with E-state index in [4.69, 9.17) is 14.2 Å². The van der Waals surface area contributed by atoms with E-state index in [9.17, 15) is 14.4 Å². The van der Waals surface area contributed by atoms with Crippen LogP contribution in [-0.2, 0) is 28.6 Å². The van der Waals surface area contributed by atoms with Crippen LogP contribution in [0.5, 0.6) is 0 Å². The van der Waals surface area contributed by atoms with E-state index in [1.807, 2.05) is 0 Å². The topological polar surface area (TPSA) is 78.9 Å². The molecular weight excluding hydrogens is 673 g/mol. The Hall–Kier alpha value is -1.59. The summed E-state index contributed by atoms with van der Waals surface area (Å²) < 4.78 is 16.7. The normalized spacial score (nSPS) is 12.1. The Kier molecular flexibility index (Phi) is 39.8. The van der Waals surface area contributed by atoms with Gasteiger partial charge in [-0.15, -0.1) is 0 Å². The maximum absolute atomic E-state index is 12.7. The van der Waals surface area contributed by atoms with Gasteiger partial charge in [-0.2, -0.15) is 0 Å². The zero-order valence-electron chi connectivity index (χ0n) is 36.8. The van der Waals surface area contributed by atoms with Gasteiger partial charge in [-0.1, -0.05) is 221 Å². The fourth-order valence-corrected chi connectivity index (χ4v) is 7.11. The summed E-state index contributed by atoms with van der Waals surface area (Å²) in [4.78, 5) is 37.8. The van der Waals surface area contributed by atoms with Crippen LogP contribution >= 0.6 is 0 Å². The van der Waals surface area contributed by atoms with Crippen molar-refractivity contribution < 1.29 is 28.6 Å². The Morgan fingerprint density at radius 1 is 0.352 bits per heavy atom. The van der Waals surface area contributed by atoms with Crippen molar-refractivity contribution in [3.8, 4) is 0 Å². The second-order valence-electron chi connectivity index (χ2n) is 17.3. The van der Waals surface area contributed by atoms with E-state index in [1.165, 1.54) is 148 Å². The molecule has 0 saturated carbocycles. The highest BCUT2D eigenvalue weighted by atomic mass is 16.6. The second-order valence-corrected chi connectivity index (χ2v) is 17.3. The minimum atomic E-state index is -0.761. The van der Waals surface area contributed by atoms with Gasteiger partial charge in [0.05, 0.1) is 0 Å². The van der Waals surface area contributed by atoms with Gasteiger partial charge in [-0.05, 0) is 31.1 Å². The molecule has 0 amide bonds. The molecular formula is C48H92O6. The van der Waals surface area contributed by atoms with E-state index in [2.05, 4.69) is 34.6 Å². The van der Waals surface area contributed by atoms with E-state index in [0.717, 1.165) is 69.6 Å². The standard InChI is InChI=1S/C48H92O6/c1-6-7-8-9-10-11-12-13-17-23-28-33-38-46(49)52-41-45(42-53-47(50)39-34-29-24-20-19-22-27-32-37-44(4)5)54-48(51)40-35-30-25-18-15-14-16-21-26-31-36-43(2)3/h43-45H,6-42H2,1-5H3/t45-/m0/s1. The van der Waals surface area contributed by atoms with Crippen LogP contribution in [-0.4, -0.2) is 37.2 Å². The first-order valence-corrected chi connectivity index (χ1v) is 23.7. The molecule has 54 heavy (non-hydrogen) atoms. The largest absolute Gasteiger partial charge is 0.462 e. The molecule has 0 saturated heterocycles. The van der Waals surface area contributed by atoms with Gasteiger partial charge in [0.25, 0.3) is 0 Å². The Labute approximate surface area is 336 Å². The Bertz CT molecular complexity index is 824. The predicted octanol–water partition coefficient (Wildman–Crippen LogP) is 15.0. The van der Waals surface area contributed by atoms with E-state index in [0.29, 0.717) is 19.3 Å². The molecule has 0 N–H and O–H groups in total. The van der Waals surface area contributed by atoms with Crippen LogP contribution in [0, 0.1) is 11.8 Å². The molecule has 0 radical (unpaired) electrons. The zero-order valence-corrected chi connectivity index (χ0v) is 36.8. The van der Waals surface area contributed by atoms with Crippen LogP contribution in [0.2, 0.25) is 0 Å². The monoisotopic (exact) mass is 765 g/mol. The van der Waals surface area contributed by atoms with Crippen molar-refractivity contribution in [3.05, 3.63) is 0 Å². The first-order valence-electron chi connectivity index (χ1n) is 23.7. The van der Waals surface area contributed by atoms with E-state index < -0.39 is 6.10 Å². The number of carbonyl (C=O) groups is 3. The maximum atomic E-state index is 12.7. The average Bonchev–Trinajstić information content (AvgIpc) is 3.14. The fraction of sp³-hybridized carbons (Fsp3) is 0.938. The Morgan fingerprint density at radius 3 is 0.907 bits per heavy atom. The van der Waals surface area contributed by atoms with Crippen molar-refractivity contribution in [1.82, 2.24) is 0 Å². The van der Waals surface area contributed by atoms with Crippen LogP contribution in [0.25, 0.3) is 0 Å². The summed E-state index contributed by atoms with van der Waals surface area (Å²) in [5, 5.41) is 0. The minimum Gasteiger partial charge on any atom is -0.462 e. The highest BCUT2D eigenvalue weighted by Crippen LogP contribution is 2.17. The molecule has 0 aliphatic heterocycles. The van der Waals surface area contributed by atoms with E-state index in [1.54, 1.807) is 0 Å². The molecule has 0 unspecified atom stereocenters. The summed E-state index contributed by atoms with van der Waals surface area (Å²) >= 11 is 0. The SMILES string of the molecule is CCCCCCCCCCCCCCC(=O)OC[C@@H](COC(=O)CCCCCCCCCCC(C)C)OC(=O)CCCCCCCCCCCCC(C)C. The summed E-state index contributed by atoms with van der Waals surface area (Å²) in [5.74, 6) is 0.756. The van der Waals surface area contributed by atoms with Crippen molar-refractivity contribution in [2.45, 2.75) is 265 Å². The van der Waals surface area contributed by atoms with Gasteiger partial charge in [0.15, 0.2) is 6.10 Å². The molecule has 0 aliphatic rings. The predicted molar refractivity (Wildman–Crippen MR) is 229 cm³/mol. The molecule has 0 spiro atoms. The smallest absolute Gasteiger partial charge is 0.306 e. The van der Waals surface area contributed by atoms with Gasteiger partial charge in [-0.25, -0.2) is 0 Å².